The molecule has 2 rings (SSSR count). The van der Waals surface area contributed by atoms with Crippen LogP contribution >= 0.6 is 0 Å². The largest absolute Gasteiger partial charge is 0.326 e. The van der Waals surface area contributed by atoms with Crippen LogP contribution in [0, 0.1) is 0 Å². The first kappa shape index (κ1) is 8.45. The van der Waals surface area contributed by atoms with Crippen molar-refractivity contribution in [2.24, 2.45) is 5.73 Å². The summed E-state index contributed by atoms with van der Waals surface area (Å²) in [5.74, 6) is 0. The Morgan fingerprint density at radius 1 is 1.50 bits per heavy atom. The van der Waals surface area contributed by atoms with E-state index in [1.54, 1.807) is 5.31 Å². The standard InChI is InChI=1S/C12H18N2/c1-2-9-3-5-10(6-4-9)12-11(13)7-8-14-12/h3-6,11-12,14H,2,7-8,13H2,1H3/t11?,12-/m1/s1/i/hD. The highest BCUT2D eigenvalue weighted by Gasteiger charge is 2.24. The zero-order chi connectivity index (χ0) is 10.8. The Labute approximate surface area is 87.0 Å². The van der Waals surface area contributed by atoms with E-state index in [4.69, 9.17) is 7.15 Å². The van der Waals surface area contributed by atoms with Crippen molar-refractivity contribution >= 4 is 0 Å². The van der Waals surface area contributed by atoms with Gasteiger partial charge in [0.2, 0.25) is 0 Å². The number of hydrogen-bond donors (Lipinski definition) is 2. The van der Waals surface area contributed by atoms with E-state index in [2.05, 4.69) is 31.2 Å². The van der Waals surface area contributed by atoms with Crippen LogP contribution in [0.5, 0.6) is 0 Å². The number of aryl methyl sites for hydroxylation is 1. The second-order valence-corrected chi connectivity index (χ2v) is 3.90. The maximum atomic E-state index is 7.81. The molecule has 1 aliphatic rings. The number of rotatable bonds is 2. The number of nitrogens with two attached hydrogens (primary N) is 1. The molecule has 0 aromatic heterocycles. The Morgan fingerprint density at radius 3 is 2.71 bits per heavy atom. The highest BCUT2D eigenvalue weighted by Crippen LogP contribution is 2.22. The molecule has 1 aromatic rings. The van der Waals surface area contributed by atoms with Gasteiger partial charge in [0.25, 0.3) is 0 Å². The van der Waals surface area contributed by atoms with Crippen LogP contribution in [0.1, 0.15) is 30.5 Å². The van der Waals surface area contributed by atoms with Gasteiger partial charge in [-0.15, -0.1) is 0 Å². The van der Waals surface area contributed by atoms with Crippen LogP contribution in [-0.2, 0) is 6.42 Å². The fourth-order valence-electron chi connectivity index (χ4n) is 1.96. The molecule has 0 amide bonds. The topological polar surface area (TPSA) is 38.0 Å². The van der Waals surface area contributed by atoms with Crippen LogP contribution < -0.4 is 11.0 Å². The van der Waals surface area contributed by atoms with E-state index < -0.39 is 0 Å². The van der Waals surface area contributed by atoms with E-state index >= 15 is 0 Å². The molecule has 0 radical (unpaired) electrons. The average Bonchev–Trinajstić information content (AvgIpc) is 2.59. The minimum Gasteiger partial charge on any atom is -0.326 e. The Bertz CT molecular complexity index is 313. The number of nitrogens with one attached hydrogen (secondary N) is 1. The molecule has 0 saturated carbocycles. The average molecular weight is 191 g/mol. The molecular weight excluding hydrogens is 172 g/mol. The third-order valence-electron chi connectivity index (χ3n) is 2.92. The molecule has 2 nitrogen and oxygen atoms in total. The van der Waals surface area contributed by atoms with Gasteiger partial charge in [0.1, 0.15) is 1.41 Å². The van der Waals surface area contributed by atoms with Crippen molar-refractivity contribution in [3.8, 4) is 0 Å². The van der Waals surface area contributed by atoms with Gasteiger partial charge in [-0.25, -0.2) is 0 Å². The van der Waals surface area contributed by atoms with Gasteiger partial charge in [-0.3, -0.25) is 0 Å². The number of hydrogen-bond acceptors (Lipinski definition) is 2. The highest BCUT2D eigenvalue weighted by atomic mass is 15.0. The first-order valence-corrected chi connectivity index (χ1v) is 5.32. The van der Waals surface area contributed by atoms with Crippen molar-refractivity contribution in [2.45, 2.75) is 31.8 Å². The minimum atomic E-state index is 0.0795. The van der Waals surface area contributed by atoms with E-state index in [-0.39, 0.29) is 12.1 Å². The highest BCUT2D eigenvalue weighted by molar-refractivity contribution is 5.26. The Balaban J connectivity index is 2.21. The number of benzene rings is 1. The zero-order valence-corrected chi connectivity index (χ0v) is 8.61. The summed E-state index contributed by atoms with van der Waals surface area (Å²) in [5.41, 5.74) is 8.52. The SMILES string of the molecule is [2H]N1CCC(N)[C@H]1c1ccc(CC)cc1. The van der Waals surface area contributed by atoms with Gasteiger partial charge in [0.15, 0.2) is 0 Å². The summed E-state index contributed by atoms with van der Waals surface area (Å²) in [4.78, 5) is 0. The first-order valence-electron chi connectivity index (χ1n) is 5.77. The quantitative estimate of drug-likeness (QED) is 0.745. The molecule has 1 unspecified atom stereocenters. The zero-order valence-electron chi connectivity index (χ0n) is 9.61. The molecule has 14 heavy (non-hydrogen) atoms. The van der Waals surface area contributed by atoms with E-state index in [1.807, 2.05) is 0 Å². The third-order valence-corrected chi connectivity index (χ3v) is 2.92. The predicted molar refractivity (Wildman–Crippen MR) is 59.2 cm³/mol. The van der Waals surface area contributed by atoms with Crippen molar-refractivity contribution in [2.75, 3.05) is 6.54 Å². The molecular formula is C12H18N2. The van der Waals surface area contributed by atoms with Crippen LogP contribution in [0.25, 0.3) is 0 Å². The summed E-state index contributed by atoms with van der Waals surface area (Å²) in [6.45, 7) is 2.93. The van der Waals surface area contributed by atoms with Gasteiger partial charge in [0, 0.05) is 12.1 Å². The van der Waals surface area contributed by atoms with Crippen LogP contribution in [0.2, 0.25) is 1.41 Å². The summed E-state index contributed by atoms with van der Waals surface area (Å²) < 4.78 is 7.81. The fourth-order valence-corrected chi connectivity index (χ4v) is 1.96. The smallest absolute Gasteiger partial charge is 0.123 e. The molecule has 76 valence electrons. The second kappa shape index (κ2) is 4.11. The van der Waals surface area contributed by atoms with Gasteiger partial charge in [0.05, 0.1) is 0 Å². The first-order chi connectivity index (χ1) is 7.22. The van der Waals surface area contributed by atoms with Crippen LogP contribution in [-0.4, -0.2) is 12.6 Å². The molecule has 1 aromatic carbocycles. The molecule has 1 heterocycles. The van der Waals surface area contributed by atoms with E-state index in [1.165, 1.54) is 11.1 Å². The molecule has 0 aliphatic carbocycles. The Hall–Kier alpha value is -0.860. The lowest BCUT2D eigenvalue weighted by molar-refractivity contribution is 0.571. The van der Waals surface area contributed by atoms with Crippen molar-refractivity contribution < 1.29 is 1.41 Å². The van der Waals surface area contributed by atoms with E-state index in [0.29, 0.717) is 0 Å². The van der Waals surface area contributed by atoms with Crippen molar-refractivity contribution in [1.82, 2.24) is 5.31 Å². The summed E-state index contributed by atoms with van der Waals surface area (Å²) >= 11 is 0. The monoisotopic (exact) mass is 191 g/mol. The summed E-state index contributed by atoms with van der Waals surface area (Å²) in [6, 6.07) is 8.67. The van der Waals surface area contributed by atoms with Crippen molar-refractivity contribution in [1.29, 1.82) is 0 Å². The summed E-state index contributed by atoms with van der Waals surface area (Å²) in [6.07, 6.45) is 1.98. The van der Waals surface area contributed by atoms with Crippen molar-refractivity contribution in [3.63, 3.8) is 0 Å². The van der Waals surface area contributed by atoms with Crippen LogP contribution in [0.3, 0.4) is 0 Å². The van der Waals surface area contributed by atoms with Crippen LogP contribution in [0.4, 0.5) is 0 Å². The van der Waals surface area contributed by atoms with Crippen LogP contribution in [0.15, 0.2) is 24.3 Å². The van der Waals surface area contributed by atoms with Gasteiger partial charge in [-0.2, -0.15) is 0 Å². The molecule has 0 spiro atoms. The van der Waals surface area contributed by atoms with E-state index in [0.717, 1.165) is 19.4 Å². The fraction of sp³-hybridized carbons (Fsp3) is 0.500. The Kier molecular flexibility index (Phi) is 2.48. The molecule has 1 fully saturated rings. The lowest BCUT2D eigenvalue weighted by Gasteiger charge is -2.16. The summed E-state index contributed by atoms with van der Waals surface area (Å²) in [7, 11) is 0. The second-order valence-electron chi connectivity index (χ2n) is 3.90. The van der Waals surface area contributed by atoms with E-state index in [9.17, 15) is 0 Å². The molecule has 2 heteroatoms. The maximum Gasteiger partial charge on any atom is 0.123 e. The van der Waals surface area contributed by atoms with Crippen molar-refractivity contribution in [3.05, 3.63) is 35.4 Å². The molecule has 1 aliphatic heterocycles. The molecule has 3 N–H and O–H groups in total. The minimum absolute atomic E-state index is 0.0795. The van der Waals surface area contributed by atoms with Gasteiger partial charge in [-0.05, 0) is 30.5 Å². The third kappa shape index (κ3) is 1.81. The molecule has 0 bridgehead atoms. The normalized spacial score (nSPS) is 29.1. The molecule has 1 saturated heterocycles. The lowest BCUT2D eigenvalue weighted by atomic mass is 10.00. The molecule has 2 atom stereocenters. The van der Waals surface area contributed by atoms with Gasteiger partial charge in [-0.1, -0.05) is 31.2 Å². The van der Waals surface area contributed by atoms with Gasteiger partial charge < -0.3 is 11.0 Å². The lowest BCUT2D eigenvalue weighted by Crippen LogP contribution is -2.28. The Morgan fingerprint density at radius 2 is 2.21 bits per heavy atom. The van der Waals surface area contributed by atoms with Gasteiger partial charge >= 0.3 is 0 Å². The maximum absolute atomic E-state index is 7.81. The predicted octanol–water partition coefficient (Wildman–Crippen LogP) is 1.61. The summed E-state index contributed by atoms with van der Waals surface area (Å²) in [5, 5.41) is 1.60.